The van der Waals surface area contributed by atoms with Crippen LogP contribution in [-0.4, -0.2) is 30.9 Å². The van der Waals surface area contributed by atoms with Gasteiger partial charge in [0.15, 0.2) is 0 Å². The van der Waals surface area contributed by atoms with Crippen LogP contribution in [0.25, 0.3) is 0 Å². The van der Waals surface area contributed by atoms with Crippen LogP contribution in [0.3, 0.4) is 0 Å². The highest BCUT2D eigenvalue weighted by atomic mass is 16.5. The fraction of sp³-hybridized carbons (Fsp3) is 0.625. The predicted octanol–water partition coefficient (Wildman–Crippen LogP) is 0.782. The summed E-state index contributed by atoms with van der Waals surface area (Å²) in [5, 5.41) is 9.26. The molecule has 0 atom stereocenters. The second-order valence-corrected chi connectivity index (χ2v) is 2.45. The van der Waals surface area contributed by atoms with E-state index in [1.165, 1.54) is 0 Å². The van der Waals surface area contributed by atoms with Gasteiger partial charge in [0.05, 0.1) is 19.8 Å². The summed E-state index contributed by atoms with van der Waals surface area (Å²) in [5.74, 6) is -0.380. The number of aliphatic hydroxyl groups excluding tert-OH is 1. The van der Waals surface area contributed by atoms with Crippen LogP contribution in [0.2, 0.25) is 0 Å². The van der Waals surface area contributed by atoms with Crippen molar-refractivity contribution in [3.63, 3.8) is 0 Å². The standard InChI is InChI=1S/C8H12O4/c1-2-12-8(10)6-5-11-4-3-7(6)9/h9H,2-5H2,1H3. The van der Waals surface area contributed by atoms with E-state index in [-0.39, 0.29) is 17.9 Å². The lowest BCUT2D eigenvalue weighted by Gasteiger charge is -2.15. The minimum atomic E-state index is -0.477. The van der Waals surface area contributed by atoms with E-state index in [1.54, 1.807) is 6.92 Å². The molecule has 0 amide bonds. The van der Waals surface area contributed by atoms with Gasteiger partial charge in [-0.25, -0.2) is 4.79 Å². The molecule has 12 heavy (non-hydrogen) atoms. The molecule has 68 valence electrons. The first-order chi connectivity index (χ1) is 5.75. The fourth-order valence-electron chi connectivity index (χ4n) is 0.972. The summed E-state index contributed by atoms with van der Waals surface area (Å²) in [6.45, 7) is 2.66. The van der Waals surface area contributed by atoms with Gasteiger partial charge < -0.3 is 14.6 Å². The molecule has 0 radical (unpaired) electrons. The van der Waals surface area contributed by atoms with Crippen LogP contribution in [0.4, 0.5) is 0 Å². The van der Waals surface area contributed by atoms with Crippen LogP contribution in [0.1, 0.15) is 13.3 Å². The molecule has 1 aliphatic rings. The van der Waals surface area contributed by atoms with Crippen molar-refractivity contribution >= 4 is 5.97 Å². The minimum Gasteiger partial charge on any atom is -0.512 e. The quantitative estimate of drug-likeness (QED) is 0.625. The van der Waals surface area contributed by atoms with Crippen LogP contribution >= 0.6 is 0 Å². The first kappa shape index (κ1) is 9.06. The summed E-state index contributed by atoms with van der Waals surface area (Å²) in [5.41, 5.74) is 0.253. The molecule has 1 heterocycles. The molecule has 0 saturated heterocycles. The maximum Gasteiger partial charge on any atom is 0.339 e. The molecule has 0 spiro atoms. The highest BCUT2D eigenvalue weighted by molar-refractivity contribution is 5.89. The number of hydrogen-bond donors (Lipinski definition) is 1. The predicted molar refractivity (Wildman–Crippen MR) is 41.7 cm³/mol. The minimum absolute atomic E-state index is 0.0969. The zero-order valence-corrected chi connectivity index (χ0v) is 7.00. The van der Waals surface area contributed by atoms with E-state index < -0.39 is 5.97 Å². The van der Waals surface area contributed by atoms with E-state index in [0.717, 1.165) is 0 Å². The van der Waals surface area contributed by atoms with Gasteiger partial charge in [0.1, 0.15) is 11.3 Å². The highest BCUT2D eigenvalue weighted by Gasteiger charge is 2.19. The van der Waals surface area contributed by atoms with Gasteiger partial charge in [-0.05, 0) is 6.92 Å². The molecule has 0 aromatic carbocycles. The average molecular weight is 172 g/mol. The number of carbonyl (C=O) groups excluding carboxylic acids is 1. The van der Waals surface area contributed by atoms with Crippen LogP contribution in [-0.2, 0) is 14.3 Å². The van der Waals surface area contributed by atoms with Crippen molar-refractivity contribution in [3.05, 3.63) is 11.3 Å². The third-order valence-corrected chi connectivity index (χ3v) is 1.60. The average Bonchev–Trinajstić information content (AvgIpc) is 2.05. The normalized spacial score (nSPS) is 17.8. The summed E-state index contributed by atoms with van der Waals surface area (Å²) in [6, 6.07) is 0. The number of ether oxygens (including phenoxy) is 2. The highest BCUT2D eigenvalue weighted by Crippen LogP contribution is 2.13. The van der Waals surface area contributed by atoms with E-state index in [0.29, 0.717) is 19.6 Å². The van der Waals surface area contributed by atoms with Gasteiger partial charge in [0, 0.05) is 6.42 Å². The Balaban J connectivity index is 2.64. The number of carbonyl (C=O) groups is 1. The lowest BCUT2D eigenvalue weighted by atomic mass is 10.1. The van der Waals surface area contributed by atoms with Crippen molar-refractivity contribution in [3.8, 4) is 0 Å². The Hall–Kier alpha value is -1.03. The molecule has 0 saturated carbocycles. The summed E-state index contributed by atoms with van der Waals surface area (Å²) in [4.78, 5) is 11.1. The number of esters is 1. The number of hydrogen-bond acceptors (Lipinski definition) is 4. The molecule has 0 aliphatic carbocycles. The zero-order valence-electron chi connectivity index (χ0n) is 7.00. The SMILES string of the molecule is CCOC(=O)C1=C(O)CCOC1. The van der Waals surface area contributed by atoms with Gasteiger partial charge in [-0.2, -0.15) is 0 Å². The van der Waals surface area contributed by atoms with E-state index in [9.17, 15) is 9.90 Å². The van der Waals surface area contributed by atoms with Gasteiger partial charge in [-0.3, -0.25) is 0 Å². The van der Waals surface area contributed by atoms with E-state index in [1.807, 2.05) is 0 Å². The number of aliphatic hydroxyl groups is 1. The van der Waals surface area contributed by atoms with Crippen molar-refractivity contribution in [2.75, 3.05) is 19.8 Å². The Morgan fingerprint density at radius 1 is 1.75 bits per heavy atom. The van der Waals surface area contributed by atoms with Gasteiger partial charge in [-0.1, -0.05) is 0 Å². The summed E-state index contributed by atoms with van der Waals surface area (Å²) < 4.78 is 9.72. The second-order valence-electron chi connectivity index (χ2n) is 2.45. The fourth-order valence-corrected chi connectivity index (χ4v) is 0.972. The summed E-state index contributed by atoms with van der Waals surface area (Å²) in [7, 11) is 0. The van der Waals surface area contributed by atoms with Crippen molar-refractivity contribution in [2.45, 2.75) is 13.3 Å². The molecule has 4 heteroatoms. The summed E-state index contributed by atoms with van der Waals surface area (Å²) >= 11 is 0. The first-order valence-electron chi connectivity index (χ1n) is 3.91. The van der Waals surface area contributed by atoms with Crippen molar-refractivity contribution in [2.24, 2.45) is 0 Å². The second kappa shape index (κ2) is 4.11. The van der Waals surface area contributed by atoms with Gasteiger partial charge >= 0.3 is 5.97 Å². The first-order valence-corrected chi connectivity index (χ1v) is 3.91. The van der Waals surface area contributed by atoms with Crippen LogP contribution in [0.15, 0.2) is 11.3 Å². The van der Waals surface area contributed by atoms with E-state index in [4.69, 9.17) is 9.47 Å². The molecular weight excluding hydrogens is 160 g/mol. The molecule has 0 aromatic heterocycles. The van der Waals surface area contributed by atoms with Crippen LogP contribution in [0, 0.1) is 0 Å². The van der Waals surface area contributed by atoms with Gasteiger partial charge in [0.25, 0.3) is 0 Å². The molecule has 1 aliphatic heterocycles. The lowest BCUT2D eigenvalue weighted by molar-refractivity contribution is -0.139. The van der Waals surface area contributed by atoms with Crippen LogP contribution in [0.5, 0.6) is 0 Å². The van der Waals surface area contributed by atoms with E-state index in [2.05, 4.69) is 0 Å². The molecular formula is C8H12O4. The van der Waals surface area contributed by atoms with E-state index >= 15 is 0 Å². The molecule has 0 fully saturated rings. The smallest absolute Gasteiger partial charge is 0.339 e. The summed E-state index contributed by atoms with van der Waals surface area (Å²) in [6.07, 6.45) is 0.397. The molecule has 1 N–H and O–H groups in total. The Bertz CT molecular complexity index is 207. The van der Waals surface area contributed by atoms with Crippen LogP contribution < -0.4 is 0 Å². The third-order valence-electron chi connectivity index (χ3n) is 1.60. The Morgan fingerprint density at radius 2 is 2.50 bits per heavy atom. The third kappa shape index (κ3) is 1.98. The van der Waals surface area contributed by atoms with Crippen molar-refractivity contribution in [1.82, 2.24) is 0 Å². The maximum absolute atomic E-state index is 11.1. The topological polar surface area (TPSA) is 55.8 Å². The van der Waals surface area contributed by atoms with Gasteiger partial charge in [-0.15, -0.1) is 0 Å². The lowest BCUT2D eigenvalue weighted by Crippen LogP contribution is -2.19. The van der Waals surface area contributed by atoms with Crippen molar-refractivity contribution in [1.29, 1.82) is 0 Å². The Morgan fingerprint density at radius 3 is 3.08 bits per heavy atom. The Labute approximate surface area is 70.8 Å². The number of rotatable bonds is 2. The maximum atomic E-state index is 11.1. The molecule has 0 bridgehead atoms. The zero-order chi connectivity index (χ0) is 8.97. The molecule has 1 rings (SSSR count). The molecule has 4 nitrogen and oxygen atoms in total. The Kier molecular flexibility index (Phi) is 3.10. The largest absolute Gasteiger partial charge is 0.512 e. The van der Waals surface area contributed by atoms with Gasteiger partial charge in [0.2, 0.25) is 0 Å². The monoisotopic (exact) mass is 172 g/mol. The molecule has 0 aromatic rings. The van der Waals surface area contributed by atoms with Crippen molar-refractivity contribution < 1.29 is 19.4 Å². The molecule has 0 unspecified atom stereocenters.